The van der Waals surface area contributed by atoms with E-state index in [2.05, 4.69) is 0 Å². The van der Waals surface area contributed by atoms with E-state index in [1.165, 1.54) is 0 Å². The molecule has 0 aliphatic heterocycles. The fraction of sp³-hybridized carbons (Fsp3) is 0.500. The largest absolute Gasteiger partial charge is 0.478 e. The van der Waals surface area contributed by atoms with Crippen LogP contribution in [0, 0.1) is 0 Å². The molecule has 0 unspecified atom stereocenters. The number of carbonyl (C=O) groups is 1. The Morgan fingerprint density at radius 2 is 2.36 bits per heavy atom. The Morgan fingerprint density at radius 1 is 1.64 bits per heavy atom. The van der Waals surface area contributed by atoms with Crippen molar-refractivity contribution in [1.82, 2.24) is 4.57 Å². The third-order valence-corrected chi connectivity index (χ3v) is 2.79. The van der Waals surface area contributed by atoms with Gasteiger partial charge in [-0.05, 0) is 18.9 Å². The van der Waals surface area contributed by atoms with Gasteiger partial charge < -0.3 is 14.4 Å². The van der Waals surface area contributed by atoms with Gasteiger partial charge in [-0.3, -0.25) is 0 Å². The average molecular weight is 195 g/mol. The Kier molecular flexibility index (Phi) is 2.29. The first-order valence-corrected chi connectivity index (χ1v) is 4.64. The first-order chi connectivity index (χ1) is 6.70. The standard InChI is InChI=1S/C10H13NO3/c1-14-9-4-8(5-9)11-3-2-7(6-11)10(12)13/h2-3,6,8-9H,4-5H2,1H3,(H,12,13)/t8-,9+. The lowest BCUT2D eigenvalue weighted by Gasteiger charge is -2.35. The van der Waals surface area contributed by atoms with Crippen LogP contribution in [0.3, 0.4) is 0 Å². The predicted molar refractivity (Wildman–Crippen MR) is 50.5 cm³/mol. The summed E-state index contributed by atoms with van der Waals surface area (Å²) in [5.41, 5.74) is 0.353. The van der Waals surface area contributed by atoms with Crippen molar-refractivity contribution in [3.63, 3.8) is 0 Å². The molecule has 2 rings (SSSR count). The zero-order valence-corrected chi connectivity index (χ0v) is 8.01. The fourth-order valence-electron chi connectivity index (χ4n) is 1.74. The number of ether oxygens (including phenoxy) is 1. The summed E-state index contributed by atoms with van der Waals surface area (Å²) in [6.45, 7) is 0. The lowest BCUT2D eigenvalue weighted by Crippen LogP contribution is -2.31. The summed E-state index contributed by atoms with van der Waals surface area (Å²) < 4.78 is 7.12. The normalized spacial score (nSPS) is 25.8. The highest BCUT2D eigenvalue weighted by Crippen LogP contribution is 2.34. The molecule has 1 aromatic heterocycles. The maximum absolute atomic E-state index is 10.6. The molecule has 1 saturated carbocycles. The van der Waals surface area contributed by atoms with Gasteiger partial charge in [0.1, 0.15) is 0 Å². The van der Waals surface area contributed by atoms with Gasteiger partial charge in [-0.2, -0.15) is 0 Å². The summed E-state index contributed by atoms with van der Waals surface area (Å²) in [6.07, 6.45) is 5.79. The number of aromatic carboxylic acids is 1. The molecule has 0 amide bonds. The van der Waals surface area contributed by atoms with E-state index in [9.17, 15) is 4.79 Å². The van der Waals surface area contributed by atoms with E-state index >= 15 is 0 Å². The van der Waals surface area contributed by atoms with Crippen LogP contribution in [0.2, 0.25) is 0 Å². The summed E-state index contributed by atoms with van der Waals surface area (Å²) >= 11 is 0. The number of methoxy groups -OCH3 is 1. The second kappa shape index (κ2) is 3.46. The second-order valence-electron chi connectivity index (χ2n) is 3.64. The number of rotatable bonds is 3. The smallest absolute Gasteiger partial charge is 0.337 e. The molecule has 0 atom stereocenters. The Hall–Kier alpha value is -1.29. The predicted octanol–water partition coefficient (Wildman–Crippen LogP) is 1.54. The molecule has 1 heterocycles. The number of hydrogen-bond acceptors (Lipinski definition) is 2. The van der Waals surface area contributed by atoms with E-state index in [1.54, 1.807) is 19.4 Å². The Labute approximate surface area is 82.1 Å². The van der Waals surface area contributed by atoms with Crippen LogP contribution in [0.4, 0.5) is 0 Å². The minimum absolute atomic E-state index is 0.343. The zero-order chi connectivity index (χ0) is 10.1. The molecule has 1 aromatic rings. The summed E-state index contributed by atoms with van der Waals surface area (Å²) in [6, 6.07) is 2.04. The van der Waals surface area contributed by atoms with Crippen molar-refractivity contribution in [1.29, 1.82) is 0 Å². The molecule has 0 aromatic carbocycles. The van der Waals surface area contributed by atoms with Crippen molar-refractivity contribution < 1.29 is 14.6 Å². The van der Waals surface area contributed by atoms with Gasteiger partial charge in [0.2, 0.25) is 0 Å². The minimum Gasteiger partial charge on any atom is -0.478 e. The van der Waals surface area contributed by atoms with Gasteiger partial charge in [-0.1, -0.05) is 0 Å². The van der Waals surface area contributed by atoms with E-state index in [0.717, 1.165) is 12.8 Å². The van der Waals surface area contributed by atoms with Crippen molar-refractivity contribution in [3.8, 4) is 0 Å². The maximum atomic E-state index is 10.6. The summed E-state index contributed by atoms with van der Waals surface area (Å²) in [4.78, 5) is 10.6. The van der Waals surface area contributed by atoms with E-state index in [-0.39, 0.29) is 0 Å². The lowest BCUT2D eigenvalue weighted by atomic mass is 9.89. The minimum atomic E-state index is -0.869. The summed E-state index contributed by atoms with van der Waals surface area (Å²) in [5, 5.41) is 8.73. The molecule has 1 fully saturated rings. The van der Waals surface area contributed by atoms with Crippen molar-refractivity contribution in [2.24, 2.45) is 0 Å². The molecule has 4 nitrogen and oxygen atoms in total. The van der Waals surface area contributed by atoms with E-state index in [4.69, 9.17) is 9.84 Å². The topological polar surface area (TPSA) is 51.5 Å². The van der Waals surface area contributed by atoms with Crippen LogP contribution in [0.25, 0.3) is 0 Å². The maximum Gasteiger partial charge on any atom is 0.337 e. The molecule has 0 spiro atoms. The summed E-state index contributed by atoms with van der Waals surface area (Å²) in [5.74, 6) is -0.869. The van der Waals surface area contributed by atoms with Crippen LogP contribution in [0.5, 0.6) is 0 Å². The fourth-order valence-corrected chi connectivity index (χ4v) is 1.74. The van der Waals surface area contributed by atoms with Gasteiger partial charge in [-0.15, -0.1) is 0 Å². The Balaban J connectivity index is 2.01. The van der Waals surface area contributed by atoms with Crippen LogP contribution in [-0.4, -0.2) is 28.9 Å². The van der Waals surface area contributed by atoms with Crippen molar-refractivity contribution in [2.45, 2.75) is 25.0 Å². The number of aromatic nitrogens is 1. The van der Waals surface area contributed by atoms with E-state index in [1.807, 2.05) is 10.8 Å². The number of nitrogens with zero attached hydrogens (tertiary/aromatic N) is 1. The number of hydrogen-bond donors (Lipinski definition) is 1. The second-order valence-corrected chi connectivity index (χ2v) is 3.64. The van der Waals surface area contributed by atoms with Crippen LogP contribution in [0.15, 0.2) is 18.5 Å². The first-order valence-electron chi connectivity index (χ1n) is 4.64. The molecule has 0 saturated heterocycles. The monoisotopic (exact) mass is 195 g/mol. The quantitative estimate of drug-likeness (QED) is 0.795. The van der Waals surface area contributed by atoms with Crippen molar-refractivity contribution in [3.05, 3.63) is 24.0 Å². The molecule has 0 radical (unpaired) electrons. The molecule has 4 heteroatoms. The number of carboxylic acids is 1. The van der Waals surface area contributed by atoms with Gasteiger partial charge >= 0.3 is 5.97 Å². The van der Waals surface area contributed by atoms with Crippen molar-refractivity contribution >= 4 is 5.97 Å². The molecular formula is C10H13NO3. The van der Waals surface area contributed by atoms with Gasteiger partial charge in [0, 0.05) is 25.5 Å². The Bertz CT molecular complexity index is 339. The van der Waals surface area contributed by atoms with Crippen LogP contribution >= 0.6 is 0 Å². The SMILES string of the molecule is CO[C@H]1C[C@@H](n2ccc(C(=O)O)c2)C1. The highest BCUT2D eigenvalue weighted by molar-refractivity contribution is 5.87. The molecule has 1 aliphatic rings. The number of carboxylic acid groups (broad SMARTS) is 1. The Morgan fingerprint density at radius 3 is 2.86 bits per heavy atom. The van der Waals surface area contributed by atoms with Crippen molar-refractivity contribution in [2.75, 3.05) is 7.11 Å². The van der Waals surface area contributed by atoms with Gasteiger partial charge in [0.25, 0.3) is 0 Å². The summed E-state index contributed by atoms with van der Waals surface area (Å²) in [7, 11) is 1.71. The lowest BCUT2D eigenvalue weighted by molar-refractivity contribution is 0.00627. The molecular weight excluding hydrogens is 182 g/mol. The van der Waals surface area contributed by atoms with Gasteiger partial charge in [-0.25, -0.2) is 4.79 Å². The molecule has 0 bridgehead atoms. The molecule has 1 aliphatic carbocycles. The highest BCUT2D eigenvalue weighted by Gasteiger charge is 2.30. The molecule has 1 N–H and O–H groups in total. The van der Waals surface area contributed by atoms with Gasteiger partial charge in [0.15, 0.2) is 0 Å². The van der Waals surface area contributed by atoms with Crippen LogP contribution in [0.1, 0.15) is 29.2 Å². The van der Waals surface area contributed by atoms with E-state index < -0.39 is 5.97 Å². The molecule has 76 valence electrons. The van der Waals surface area contributed by atoms with Crippen LogP contribution < -0.4 is 0 Å². The average Bonchev–Trinajstić information content (AvgIpc) is 2.51. The third-order valence-electron chi connectivity index (χ3n) is 2.79. The molecule has 14 heavy (non-hydrogen) atoms. The van der Waals surface area contributed by atoms with Crippen LogP contribution in [-0.2, 0) is 4.74 Å². The highest BCUT2D eigenvalue weighted by atomic mass is 16.5. The zero-order valence-electron chi connectivity index (χ0n) is 8.01. The first kappa shape index (κ1) is 9.27. The van der Waals surface area contributed by atoms with Gasteiger partial charge in [0.05, 0.1) is 11.7 Å². The third kappa shape index (κ3) is 1.53. The van der Waals surface area contributed by atoms with E-state index in [0.29, 0.717) is 17.7 Å².